The Morgan fingerprint density at radius 1 is 0.882 bits per heavy atom. The van der Waals surface area contributed by atoms with Crippen LogP contribution in [0.25, 0.3) is 6.08 Å². The maximum atomic E-state index is 13.1. The van der Waals surface area contributed by atoms with Gasteiger partial charge >= 0.3 is 0 Å². The number of carbonyl (C=O) groups is 2. The van der Waals surface area contributed by atoms with Gasteiger partial charge in [0.25, 0.3) is 17.4 Å². The molecule has 11 heteroatoms. The molecule has 1 aliphatic rings. The Morgan fingerprint density at radius 2 is 1.44 bits per heavy atom. The summed E-state index contributed by atoms with van der Waals surface area (Å²) in [7, 11) is 0. The monoisotopic (exact) mass is 524 g/mol. The van der Waals surface area contributed by atoms with Crippen molar-refractivity contribution in [1.82, 2.24) is 18.3 Å². The van der Waals surface area contributed by atoms with Crippen molar-refractivity contribution >= 4 is 60.3 Å². The number of hydrogen-bond donors (Lipinski definition) is 2. The minimum absolute atomic E-state index is 0.0439. The van der Waals surface area contributed by atoms with Crippen LogP contribution in [0.5, 0.6) is 5.88 Å². The van der Waals surface area contributed by atoms with Crippen LogP contribution in [-0.2, 0) is 22.7 Å². The molecule has 2 heterocycles. The molecule has 1 fully saturated rings. The summed E-state index contributed by atoms with van der Waals surface area (Å²) in [4.78, 5) is 39.9. The third-order valence-electron chi connectivity index (χ3n) is 5.48. The average molecular weight is 525 g/mol. The molecule has 1 aliphatic heterocycles. The highest BCUT2D eigenvalue weighted by molar-refractivity contribution is 7.84. The van der Waals surface area contributed by atoms with Crippen molar-refractivity contribution in [2.45, 2.75) is 72.4 Å². The van der Waals surface area contributed by atoms with E-state index in [1.165, 1.54) is 27.7 Å². The number of rotatable bonds is 11. The summed E-state index contributed by atoms with van der Waals surface area (Å²) >= 11 is 14.8. The summed E-state index contributed by atoms with van der Waals surface area (Å²) in [5.41, 5.74) is -0.490. The fourth-order valence-corrected chi connectivity index (χ4v) is 4.25. The lowest BCUT2D eigenvalue weighted by Crippen LogP contribution is -2.52. The smallest absolute Gasteiger partial charge is 0.275 e. The predicted octanol–water partition coefficient (Wildman–Crippen LogP) is 4.23. The molecule has 0 radical (unpaired) electrons. The second-order valence-electron chi connectivity index (χ2n) is 7.98. The van der Waals surface area contributed by atoms with E-state index in [1.807, 2.05) is 20.8 Å². The fraction of sp³-hybridized carbons (Fsp3) is 0.522. The number of aromatic hydroxyl groups is 1. The van der Waals surface area contributed by atoms with E-state index in [1.54, 1.807) is 4.57 Å². The molecule has 0 spiro atoms. The molecular weight excluding hydrogens is 492 g/mol. The van der Waals surface area contributed by atoms with Crippen LogP contribution in [0.2, 0.25) is 0 Å². The molecule has 0 bridgehead atoms. The second kappa shape index (κ2) is 13.0. The first-order valence-corrected chi connectivity index (χ1v) is 12.8. The fourth-order valence-electron chi connectivity index (χ4n) is 3.42. The average Bonchev–Trinajstić information content (AvgIpc) is 2.81. The summed E-state index contributed by atoms with van der Waals surface area (Å²) in [6.45, 7) is 7.33. The SMILES string of the molecule is CCCCN1C(=O)C(=CC=Cc2c(O)n(CCCC)c(=S)n(CCCC)c2=O)C(=O)N(S)C1=S. The van der Waals surface area contributed by atoms with Crippen LogP contribution >= 0.6 is 37.3 Å². The molecule has 0 saturated carbocycles. The number of allylic oxidation sites excluding steroid dienone is 2. The number of aromatic nitrogens is 2. The molecule has 2 rings (SSSR count). The Bertz CT molecular complexity index is 1120. The Kier molecular flexibility index (Phi) is 10.7. The maximum absolute atomic E-state index is 13.1. The van der Waals surface area contributed by atoms with Gasteiger partial charge in [0.1, 0.15) is 11.1 Å². The van der Waals surface area contributed by atoms with E-state index in [-0.39, 0.29) is 26.9 Å². The van der Waals surface area contributed by atoms with Crippen LogP contribution in [0.15, 0.2) is 22.5 Å². The zero-order valence-electron chi connectivity index (χ0n) is 19.8. The zero-order valence-corrected chi connectivity index (χ0v) is 22.3. The van der Waals surface area contributed by atoms with E-state index in [0.29, 0.717) is 19.6 Å². The standard InChI is InChI=1S/C23H32N4O4S3/c1-4-7-13-24-18(28)16(19(29)25(22(24)32)14-8-5-2)11-10-12-17-20(30)26(15-9-6-3)23(33)27(34)21(17)31/h10-12,28,34H,4-9,13-15H2,1-3H3. The van der Waals surface area contributed by atoms with E-state index < -0.39 is 17.4 Å². The van der Waals surface area contributed by atoms with E-state index >= 15 is 0 Å². The van der Waals surface area contributed by atoms with Crippen LogP contribution in [0.3, 0.4) is 0 Å². The lowest BCUT2D eigenvalue weighted by Gasteiger charge is -2.33. The number of hydrogen-bond acceptors (Lipinski definition) is 7. The van der Waals surface area contributed by atoms with Crippen molar-refractivity contribution in [3.05, 3.63) is 38.4 Å². The van der Waals surface area contributed by atoms with E-state index in [4.69, 9.17) is 24.4 Å². The predicted molar refractivity (Wildman–Crippen MR) is 143 cm³/mol. The van der Waals surface area contributed by atoms with E-state index in [9.17, 15) is 19.5 Å². The quantitative estimate of drug-likeness (QED) is 0.195. The summed E-state index contributed by atoms with van der Waals surface area (Å²) in [5.74, 6) is -1.38. The van der Waals surface area contributed by atoms with Crippen molar-refractivity contribution in [3.8, 4) is 5.88 Å². The van der Waals surface area contributed by atoms with Crippen LogP contribution in [0.4, 0.5) is 0 Å². The molecule has 0 atom stereocenters. The summed E-state index contributed by atoms with van der Waals surface area (Å²) in [6, 6.07) is 0. The maximum Gasteiger partial charge on any atom is 0.275 e. The topological polar surface area (TPSA) is 87.8 Å². The minimum Gasteiger partial charge on any atom is -0.494 e. The molecule has 2 amide bonds. The van der Waals surface area contributed by atoms with Gasteiger partial charge < -0.3 is 5.11 Å². The first kappa shape index (κ1) is 28.0. The number of thiocarbonyl (C=S) groups is 1. The van der Waals surface area contributed by atoms with Gasteiger partial charge in [-0.05, 0) is 55.9 Å². The number of nitrogens with zero attached hydrogens (tertiary/aromatic N) is 4. The third kappa shape index (κ3) is 6.05. The Labute approximate surface area is 216 Å². The zero-order chi connectivity index (χ0) is 25.4. The van der Waals surface area contributed by atoms with Crippen molar-refractivity contribution in [1.29, 1.82) is 0 Å². The van der Waals surface area contributed by atoms with Crippen LogP contribution in [0.1, 0.15) is 64.9 Å². The summed E-state index contributed by atoms with van der Waals surface area (Å²) < 4.78 is 4.29. The molecule has 0 aromatic carbocycles. The molecule has 34 heavy (non-hydrogen) atoms. The van der Waals surface area contributed by atoms with Gasteiger partial charge in [-0.1, -0.05) is 58.9 Å². The van der Waals surface area contributed by atoms with Crippen molar-refractivity contribution in [3.63, 3.8) is 0 Å². The lowest BCUT2D eigenvalue weighted by atomic mass is 10.1. The summed E-state index contributed by atoms with van der Waals surface area (Å²) in [6.07, 6.45) is 9.04. The molecule has 1 aromatic rings. The van der Waals surface area contributed by atoms with Crippen molar-refractivity contribution < 1.29 is 14.7 Å². The number of carbonyl (C=O) groups excluding carboxylic acids is 2. The van der Waals surface area contributed by atoms with Gasteiger partial charge in [-0.25, -0.2) is 4.31 Å². The highest BCUT2D eigenvalue weighted by Gasteiger charge is 2.37. The van der Waals surface area contributed by atoms with Gasteiger partial charge in [0.2, 0.25) is 5.88 Å². The van der Waals surface area contributed by atoms with Gasteiger partial charge in [-0.3, -0.25) is 28.4 Å². The first-order chi connectivity index (χ1) is 16.2. The highest BCUT2D eigenvalue weighted by Crippen LogP contribution is 2.21. The van der Waals surface area contributed by atoms with Gasteiger partial charge in [-0.15, -0.1) is 0 Å². The normalized spacial score (nSPS) is 15.9. The number of thiol groups is 1. The van der Waals surface area contributed by atoms with Gasteiger partial charge in [0.15, 0.2) is 9.88 Å². The molecule has 8 nitrogen and oxygen atoms in total. The molecule has 1 aromatic heterocycles. The molecule has 0 aliphatic carbocycles. The molecule has 1 N–H and O–H groups in total. The van der Waals surface area contributed by atoms with Crippen LogP contribution < -0.4 is 5.56 Å². The minimum atomic E-state index is -0.640. The largest absolute Gasteiger partial charge is 0.494 e. The Hall–Kier alpha value is -2.24. The number of amides is 2. The summed E-state index contributed by atoms with van der Waals surface area (Å²) in [5, 5.41) is 10.9. The lowest BCUT2D eigenvalue weighted by molar-refractivity contribution is -0.131. The Morgan fingerprint density at radius 3 is 2.03 bits per heavy atom. The molecule has 186 valence electrons. The molecular formula is C23H32N4O4S3. The van der Waals surface area contributed by atoms with Gasteiger partial charge in [0.05, 0.1) is 0 Å². The van der Waals surface area contributed by atoms with E-state index in [2.05, 4.69) is 12.8 Å². The van der Waals surface area contributed by atoms with Gasteiger partial charge in [0, 0.05) is 19.6 Å². The first-order valence-electron chi connectivity index (χ1n) is 11.5. The van der Waals surface area contributed by atoms with E-state index in [0.717, 1.165) is 42.8 Å². The Balaban J connectivity index is 2.51. The van der Waals surface area contributed by atoms with Crippen molar-refractivity contribution in [2.75, 3.05) is 6.54 Å². The molecule has 0 unspecified atom stereocenters. The van der Waals surface area contributed by atoms with Gasteiger partial charge in [-0.2, -0.15) is 0 Å². The highest BCUT2D eigenvalue weighted by atomic mass is 32.1. The molecule has 1 saturated heterocycles. The van der Waals surface area contributed by atoms with Crippen LogP contribution in [0, 0.1) is 4.77 Å². The number of unbranched alkanes of at least 4 members (excludes halogenated alkanes) is 3. The second-order valence-corrected chi connectivity index (χ2v) is 9.12. The van der Waals surface area contributed by atoms with Crippen LogP contribution in [-0.4, -0.2) is 46.9 Å². The van der Waals surface area contributed by atoms with Crippen molar-refractivity contribution in [2.24, 2.45) is 0 Å². The third-order valence-corrected chi connectivity index (χ3v) is 6.83.